The van der Waals surface area contributed by atoms with Crippen LogP contribution in [0.5, 0.6) is 0 Å². The zero-order chi connectivity index (χ0) is 28.5. The third-order valence-corrected chi connectivity index (χ3v) is 9.26. The zero-order valence-electron chi connectivity index (χ0n) is 25.4. The minimum absolute atomic E-state index is 0. The van der Waals surface area contributed by atoms with Crippen molar-refractivity contribution in [3.63, 3.8) is 0 Å². The Balaban J connectivity index is 0.000000258. The van der Waals surface area contributed by atoms with Gasteiger partial charge in [0.1, 0.15) is 0 Å². The summed E-state index contributed by atoms with van der Waals surface area (Å²) in [5, 5.41) is 0. The molecule has 0 spiro atoms. The molecule has 42 heavy (non-hydrogen) atoms. The predicted molar refractivity (Wildman–Crippen MR) is 168 cm³/mol. The molecule has 4 aromatic rings. The molecule has 0 bridgehead atoms. The van der Waals surface area contributed by atoms with Crippen LogP contribution in [0.25, 0.3) is 11.1 Å². The number of benzene rings is 4. The average molecular weight is 670 g/mol. The molecule has 0 radical (unpaired) electrons. The van der Waals surface area contributed by atoms with Crippen LogP contribution in [-0.2, 0) is 41.5 Å². The van der Waals surface area contributed by atoms with Gasteiger partial charge in [0, 0.05) is 0 Å². The van der Waals surface area contributed by atoms with Gasteiger partial charge in [-0.25, -0.2) is 0 Å². The van der Waals surface area contributed by atoms with E-state index in [4.69, 9.17) is 0 Å². The Morgan fingerprint density at radius 1 is 0.690 bits per heavy atom. The molecule has 0 N–H and O–H groups in total. The maximum absolute atomic E-state index is 3.84. The first-order chi connectivity index (χ1) is 19.0. The number of halogens is 2. The van der Waals surface area contributed by atoms with Crippen molar-refractivity contribution < 1.29 is 49.0 Å². The Bertz CT molecular complexity index is 1530. The normalized spacial score (nSPS) is 13.3. The van der Waals surface area contributed by atoms with E-state index in [9.17, 15) is 0 Å². The number of allylic oxidation sites excluding steroid dienone is 4. The number of fused-ring (bicyclic) bond motifs is 3. The van der Waals surface area contributed by atoms with E-state index < -0.39 is 0 Å². The predicted octanol–water partition coefficient (Wildman–Crippen LogP) is 3.67. The van der Waals surface area contributed by atoms with E-state index in [1.165, 1.54) is 77.5 Å². The van der Waals surface area contributed by atoms with Crippen molar-refractivity contribution in [2.75, 3.05) is 0 Å². The molecule has 0 atom stereocenters. The third kappa shape index (κ3) is 7.60. The Hall–Kier alpha value is -2.31. The Labute approximate surface area is 280 Å². The van der Waals surface area contributed by atoms with Gasteiger partial charge in [-0.1, -0.05) is 101 Å². The van der Waals surface area contributed by atoms with E-state index in [0.29, 0.717) is 5.92 Å². The molecule has 2 aliphatic rings. The second-order valence-electron chi connectivity index (χ2n) is 12.9. The van der Waals surface area contributed by atoms with Gasteiger partial charge >= 0.3 is 99.2 Å². The summed E-state index contributed by atoms with van der Waals surface area (Å²) in [4.78, 5) is 0. The van der Waals surface area contributed by atoms with Crippen molar-refractivity contribution in [1.29, 1.82) is 0 Å². The van der Waals surface area contributed by atoms with Gasteiger partial charge in [-0.15, -0.1) is 22.3 Å². The SMILES string of the molecule is CC(C)(C)c1ccc2c(c1)-c1cc(C(C)(C)C)c(C3C=CC=C3)[c-]c1C2.[Cl-].[Cl-].[Zr+2]=[C](c1ccccc1)c1ccccc1. The Morgan fingerprint density at radius 3 is 1.74 bits per heavy atom. The summed E-state index contributed by atoms with van der Waals surface area (Å²) in [5.41, 5.74) is 12.7. The summed E-state index contributed by atoms with van der Waals surface area (Å²) in [5.74, 6) is 0.364. The van der Waals surface area contributed by atoms with Gasteiger partial charge in [0.2, 0.25) is 0 Å². The third-order valence-electron chi connectivity index (χ3n) is 7.84. The van der Waals surface area contributed by atoms with Crippen LogP contribution in [0.2, 0.25) is 0 Å². The standard InChI is InChI=1S/C26H29.C13H10.2ClH.Zr/c1-25(2,3)20-12-11-18-13-19-14-23(17-9-7-8-10-17)24(26(4,5)6)16-22(19)21(18)15-20;1-3-7-12(8-4-1)11-13-9-5-2-6-10-13;;;/h7-12,15-17H,13H2,1-6H3;1-10H;2*1H;/q-1;;;;+2/p-2. The molecule has 3 heteroatoms. The summed E-state index contributed by atoms with van der Waals surface area (Å²) in [7, 11) is 0. The molecule has 0 saturated carbocycles. The van der Waals surface area contributed by atoms with E-state index in [0.717, 1.165) is 6.42 Å². The van der Waals surface area contributed by atoms with Crippen LogP contribution in [0.3, 0.4) is 0 Å². The molecule has 0 fully saturated rings. The topological polar surface area (TPSA) is 0 Å². The van der Waals surface area contributed by atoms with Crippen LogP contribution in [0.1, 0.15) is 86.4 Å². The fourth-order valence-electron chi connectivity index (χ4n) is 5.51. The van der Waals surface area contributed by atoms with E-state index in [-0.39, 0.29) is 35.6 Å². The first-order valence-electron chi connectivity index (χ1n) is 14.3. The van der Waals surface area contributed by atoms with Crippen LogP contribution >= 0.6 is 0 Å². The van der Waals surface area contributed by atoms with Gasteiger partial charge in [0.25, 0.3) is 0 Å². The fraction of sp³-hybridized carbons (Fsp3) is 0.256. The molecular weight excluding hydrogens is 631 g/mol. The van der Waals surface area contributed by atoms with Crippen molar-refractivity contribution in [1.82, 2.24) is 0 Å². The van der Waals surface area contributed by atoms with Crippen molar-refractivity contribution in [3.05, 3.63) is 154 Å². The van der Waals surface area contributed by atoms with Crippen LogP contribution in [-0.4, -0.2) is 3.21 Å². The van der Waals surface area contributed by atoms with Crippen LogP contribution in [0.15, 0.2) is 109 Å². The van der Waals surface area contributed by atoms with Crippen molar-refractivity contribution >= 4 is 3.21 Å². The molecule has 0 saturated heterocycles. The van der Waals surface area contributed by atoms with Gasteiger partial charge in [-0.05, 0) is 23.3 Å². The van der Waals surface area contributed by atoms with E-state index >= 15 is 0 Å². The number of hydrogen-bond donors (Lipinski definition) is 0. The average Bonchev–Trinajstić information content (AvgIpc) is 3.60. The van der Waals surface area contributed by atoms with E-state index in [2.05, 4.69) is 157 Å². The van der Waals surface area contributed by atoms with Gasteiger partial charge in [0.15, 0.2) is 0 Å². The van der Waals surface area contributed by atoms with E-state index in [1.54, 1.807) is 0 Å². The van der Waals surface area contributed by atoms with Gasteiger partial charge in [0.05, 0.1) is 0 Å². The molecule has 0 aromatic heterocycles. The summed E-state index contributed by atoms with van der Waals surface area (Å²) in [6.07, 6.45) is 9.89. The molecule has 0 nitrogen and oxygen atoms in total. The molecule has 2 aliphatic carbocycles. The molecule has 0 unspecified atom stereocenters. The second kappa shape index (κ2) is 14.0. The quantitative estimate of drug-likeness (QED) is 0.258. The van der Waals surface area contributed by atoms with Gasteiger partial charge in [-0.2, -0.15) is 12.1 Å². The first-order valence-corrected chi connectivity index (χ1v) is 15.5. The van der Waals surface area contributed by atoms with E-state index in [1.807, 2.05) is 0 Å². The number of rotatable bonds is 3. The maximum atomic E-state index is 3.84. The molecule has 6 rings (SSSR count). The summed E-state index contributed by atoms with van der Waals surface area (Å²) >= 11 is 1.46. The molecule has 0 heterocycles. The monoisotopic (exact) mass is 667 g/mol. The summed E-state index contributed by atoms with van der Waals surface area (Å²) < 4.78 is 1.42. The van der Waals surface area contributed by atoms with Crippen molar-refractivity contribution in [2.45, 2.75) is 64.7 Å². The summed E-state index contributed by atoms with van der Waals surface area (Å²) in [6.45, 7) is 13.8. The Kier molecular flexibility index (Phi) is 11.4. The Morgan fingerprint density at radius 2 is 1.24 bits per heavy atom. The van der Waals surface area contributed by atoms with Crippen molar-refractivity contribution in [2.24, 2.45) is 0 Å². The van der Waals surface area contributed by atoms with Crippen LogP contribution in [0, 0.1) is 6.07 Å². The molecule has 4 aromatic carbocycles. The van der Waals surface area contributed by atoms with Crippen LogP contribution < -0.4 is 24.8 Å². The number of hydrogen-bond acceptors (Lipinski definition) is 0. The van der Waals surface area contributed by atoms with Crippen LogP contribution in [0.4, 0.5) is 0 Å². The first kappa shape index (κ1) is 34.2. The fourth-order valence-corrected chi connectivity index (χ4v) is 6.33. The minimum atomic E-state index is 0. The summed E-state index contributed by atoms with van der Waals surface area (Å²) in [6, 6.07) is 34.5. The van der Waals surface area contributed by atoms with Gasteiger partial charge < -0.3 is 24.8 Å². The molecule has 214 valence electrons. The zero-order valence-corrected chi connectivity index (χ0v) is 29.4. The molecular formula is C39H39Cl2Zr-. The molecule has 0 amide bonds. The molecule has 0 aliphatic heterocycles. The van der Waals surface area contributed by atoms with Gasteiger partial charge in [-0.3, -0.25) is 0 Å². The van der Waals surface area contributed by atoms with Crippen molar-refractivity contribution in [3.8, 4) is 11.1 Å². The second-order valence-corrected chi connectivity index (χ2v) is 14.2.